The standard InChI is InChI=1S/C18H28N6O4S/c25-17(21-7-9-22(10-8-21)18-19-4-2-5-20-18)16-3-1-6-24(15-16)29(26,27)23-11-13-28-14-12-23/h2,4-5,16H,1,3,6-15H2. The summed E-state index contributed by atoms with van der Waals surface area (Å²) < 4.78 is 34.1. The van der Waals surface area contributed by atoms with Crippen LogP contribution in [0.1, 0.15) is 12.8 Å². The van der Waals surface area contributed by atoms with E-state index < -0.39 is 10.2 Å². The van der Waals surface area contributed by atoms with E-state index in [-0.39, 0.29) is 18.4 Å². The summed E-state index contributed by atoms with van der Waals surface area (Å²) in [6, 6.07) is 1.78. The predicted octanol–water partition coefficient (Wildman–Crippen LogP) is -0.586. The Bertz CT molecular complexity index is 794. The summed E-state index contributed by atoms with van der Waals surface area (Å²) in [4.78, 5) is 25.5. The summed E-state index contributed by atoms with van der Waals surface area (Å²) in [6.45, 7) is 4.89. The Kier molecular flexibility index (Phi) is 6.28. The van der Waals surface area contributed by atoms with Gasteiger partial charge in [-0.05, 0) is 18.9 Å². The van der Waals surface area contributed by atoms with Gasteiger partial charge in [0, 0.05) is 64.8 Å². The maximum absolute atomic E-state index is 13.1. The van der Waals surface area contributed by atoms with Crippen molar-refractivity contribution in [1.29, 1.82) is 0 Å². The number of piperazine rings is 1. The van der Waals surface area contributed by atoms with Crippen LogP contribution in [-0.2, 0) is 19.7 Å². The average Bonchev–Trinajstić information content (AvgIpc) is 2.80. The lowest BCUT2D eigenvalue weighted by Crippen LogP contribution is -2.55. The second-order valence-corrected chi connectivity index (χ2v) is 9.51. The molecule has 0 spiro atoms. The molecule has 0 N–H and O–H groups in total. The van der Waals surface area contributed by atoms with Gasteiger partial charge in [-0.15, -0.1) is 0 Å². The Morgan fingerprint density at radius 2 is 1.66 bits per heavy atom. The molecule has 3 aliphatic heterocycles. The largest absolute Gasteiger partial charge is 0.379 e. The maximum Gasteiger partial charge on any atom is 0.282 e. The minimum atomic E-state index is -3.54. The first-order valence-electron chi connectivity index (χ1n) is 10.2. The normalized spacial score (nSPS) is 25.2. The molecular formula is C18H28N6O4S. The van der Waals surface area contributed by atoms with E-state index in [1.165, 1.54) is 8.61 Å². The highest BCUT2D eigenvalue weighted by molar-refractivity contribution is 7.86. The molecule has 11 heteroatoms. The predicted molar refractivity (Wildman–Crippen MR) is 106 cm³/mol. The highest BCUT2D eigenvalue weighted by atomic mass is 32.2. The summed E-state index contributed by atoms with van der Waals surface area (Å²) in [5.74, 6) is 0.458. The van der Waals surface area contributed by atoms with Crippen LogP contribution >= 0.6 is 0 Å². The van der Waals surface area contributed by atoms with E-state index in [4.69, 9.17) is 4.74 Å². The van der Waals surface area contributed by atoms with E-state index in [1.807, 2.05) is 4.90 Å². The number of hydrogen-bond acceptors (Lipinski definition) is 7. The van der Waals surface area contributed by atoms with Crippen molar-refractivity contribution < 1.29 is 17.9 Å². The summed E-state index contributed by atoms with van der Waals surface area (Å²) >= 11 is 0. The number of hydrogen-bond donors (Lipinski definition) is 0. The van der Waals surface area contributed by atoms with Gasteiger partial charge in [-0.3, -0.25) is 4.79 Å². The van der Waals surface area contributed by atoms with Crippen molar-refractivity contribution >= 4 is 22.1 Å². The Morgan fingerprint density at radius 1 is 0.966 bits per heavy atom. The van der Waals surface area contributed by atoms with Crippen LogP contribution < -0.4 is 4.90 Å². The monoisotopic (exact) mass is 424 g/mol. The van der Waals surface area contributed by atoms with Crippen molar-refractivity contribution in [2.45, 2.75) is 12.8 Å². The molecule has 10 nitrogen and oxygen atoms in total. The van der Waals surface area contributed by atoms with E-state index >= 15 is 0 Å². The zero-order valence-electron chi connectivity index (χ0n) is 16.5. The minimum absolute atomic E-state index is 0.0560. The molecular weight excluding hydrogens is 396 g/mol. The fourth-order valence-electron chi connectivity index (χ4n) is 4.13. The maximum atomic E-state index is 13.1. The molecule has 29 heavy (non-hydrogen) atoms. The topological polar surface area (TPSA) is 99.2 Å². The molecule has 3 saturated heterocycles. The van der Waals surface area contributed by atoms with Crippen molar-refractivity contribution in [3.05, 3.63) is 18.5 Å². The molecule has 0 aliphatic carbocycles. The smallest absolute Gasteiger partial charge is 0.282 e. The highest BCUT2D eigenvalue weighted by Gasteiger charge is 2.38. The number of rotatable bonds is 4. The number of amides is 1. The van der Waals surface area contributed by atoms with Gasteiger partial charge in [-0.1, -0.05) is 0 Å². The lowest BCUT2D eigenvalue weighted by Gasteiger charge is -2.40. The number of morpholine rings is 1. The SMILES string of the molecule is O=C(C1CCCN(S(=O)(=O)N2CCOCC2)C1)N1CCN(c2ncccn2)CC1. The quantitative estimate of drug-likeness (QED) is 0.637. The molecule has 4 rings (SSSR count). The first-order chi connectivity index (χ1) is 14.1. The molecule has 1 amide bonds. The van der Waals surface area contributed by atoms with E-state index in [1.54, 1.807) is 18.5 Å². The van der Waals surface area contributed by atoms with Crippen molar-refractivity contribution in [2.24, 2.45) is 5.92 Å². The first-order valence-corrected chi connectivity index (χ1v) is 11.6. The third-order valence-electron chi connectivity index (χ3n) is 5.78. The van der Waals surface area contributed by atoms with E-state index in [2.05, 4.69) is 14.9 Å². The average molecular weight is 425 g/mol. The fourth-order valence-corrected chi connectivity index (χ4v) is 5.80. The first kappa shape index (κ1) is 20.5. The van der Waals surface area contributed by atoms with Crippen molar-refractivity contribution in [3.63, 3.8) is 0 Å². The Balaban J connectivity index is 1.34. The molecule has 0 saturated carbocycles. The molecule has 0 bridgehead atoms. The van der Waals surface area contributed by atoms with Crippen LogP contribution in [0.25, 0.3) is 0 Å². The van der Waals surface area contributed by atoms with Crippen molar-refractivity contribution in [1.82, 2.24) is 23.5 Å². The second-order valence-electron chi connectivity index (χ2n) is 7.58. The van der Waals surface area contributed by atoms with E-state index in [0.29, 0.717) is 71.4 Å². The van der Waals surface area contributed by atoms with Gasteiger partial charge in [0.15, 0.2) is 0 Å². The summed E-state index contributed by atoms with van der Waals surface area (Å²) in [5.41, 5.74) is 0. The van der Waals surface area contributed by atoms with Gasteiger partial charge < -0.3 is 14.5 Å². The van der Waals surface area contributed by atoms with Gasteiger partial charge in [0.2, 0.25) is 11.9 Å². The summed E-state index contributed by atoms with van der Waals surface area (Å²) in [7, 11) is -3.54. The molecule has 1 aromatic rings. The van der Waals surface area contributed by atoms with Gasteiger partial charge in [-0.2, -0.15) is 17.0 Å². The number of piperidine rings is 1. The highest BCUT2D eigenvalue weighted by Crippen LogP contribution is 2.24. The number of carbonyl (C=O) groups is 1. The molecule has 0 aromatic carbocycles. The van der Waals surface area contributed by atoms with E-state index in [9.17, 15) is 13.2 Å². The number of ether oxygens (including phenoxy) is 1. The Hall–Kier alpha value is -1.82. The van der Waals surface area contributed by atoms with Gasteiger partial charge in [0.1, 0.15) is 0 Å². The molecule has 1 unspecified atom stereocenters. The molecule has 4 heterocycles. The second kappa shape index (κ2) is 8.90. The van der Waals surface area contributed by atoms with Crippen molar-refractivity contribution in [3.8, 4) is 0 Å². The van der Waals surface area contributed by atoms with Gasteiger partial charge >= 0.3 is 0 Å². The van der Waals surface area contributed by atoms with Crippen molar-refractivity contribution in [2.75, 3.05) is 70.5 Å². The van der Waals surface area contributed by atoms with Crippen LogP contribution in [-0.4, -0.2) is 103 Å². The summed E-state index contributed by atoms with van der Waals surface area (Å²) in [5, 5.41) is 0. The molecule has 160 valence electrons. The number of anilines is 1. The van der Waals surface area contributed by atoms with Gasteiger partial charge in [0.05, 0.1) is 19.1 Å². The molecule has 1 atom stereocenters. The zero-order chi connectivity index (χ0) is 20.3. The lowest BCUT2D eigenvalue weighted by atomic mass is 9.98. The number of carbonyl (C=O) groups excluding carboxylic acids is 1. The third-order valence-corrected chi connectivity index (χ3v) is 7.78. The third kappa shape index (κ3) is 4.52. The molecule has 3 fully saturated rings. The molecule has 1 aromatic heterocycles. The van der Waals surface area contributed by atoms with Gasteiger partial charge in [-0.25, -0.2) is 9.97 Å². The number of aromatic nitrogens is 2. The lowest BCUT2D eigenvalue weighted by molar-refractivity contribution is -0.137. The minimum Gasteiger partial charge on any atom is -0.379 e. The van der Waals surface area contributed by atoms with E-state index in [0.717, 1.165) is 6.42 Å². The molecule has 3 aliphatic rings. The molecule has 0 radical (unpaired) electrons. The van der Waals surface area contributed by atoms with Crippen LogP contribution in [0.15, 0.2) is 18.5 Å². The van der Waals surface area contributed by atoms with Crippen LogP contribution in [0.2, 0.25) is 0 Å². The van der Waals surface area contributed by atoms with Crippen LogP contribution in [0.5, 0.6) is 0 Å². The van der Waals surface area contributed by atoms with Crippen LogP contribution in [0.3, 0.4) is 0 Å². The fraction of sp³-hybridized carbons (Fsp3) is 0.722. The van der Waals surface area contributed by atoms with Crippen LogP contribution in [0, 0.1) is 5.92 Å². The summed E-state index contributed by atoms with van der Waals surface area (Å²) in [6.07, 6.45) is 4.87. The Morgan fingerprint density at radius 3 is 2.34 bits per heavy atom. The number of nitrogens with zero attached hydrogens (tertiary/aromatic N) is 6. The zero-order valence-corrected chi connectivity index (χ0v) is 17.3. The Labute approximate surface area is 171 Å². The van der Waals surface area contributed by atoms with Gasteiger partial charge in [0.25, 0.3) is 10.2 Å². The van der Waals surface area contributed by atoms with Crippen LogP contribution in [0.4, 0.5) is 5.95 Å².